The van der Waals surface area contributed by atoms with Gasteiger partial charge in [-0.1, -0.05) is 30.3 Å². The van der Waals surface area contributed by atoms with E-state index in [1.807, 2.05) is 37.3 Å². The van der Waals surface area contributed by atoms with E-state index < -0.39 is 12.0 Å². The zero-order chi connectivity index (χ0) is 18.8. The number of rotatable bonds is 10. The summed E-state index contributed by atoms with van der Waals surface area (Å²) in [5.74, 6) is -0.431. The zero-order valence-electron chi connectivity index (χ0n) is 15.3. The Bertz CT molecular complexity index is 631. The maximum absolute atomic E-state index is 12.6. The van der Waals surface area contributed by atoms with Crippen molar-refractivity contribution in [2.24, 2.45) is 0 Å². The molecule has 0 spiro atoms. The molecule has 0 aliphatic carbocycles. The third-order valence-corrected chi connectivity index (χ3v) is 3.93. The van der Waals surface area contributed by atoms with E-state index in [2.05, 4.69) is 16.0 Å². The van der Waals surface area contributed by atoms with Crippen LogP contribution in [0.25, 0.3) is 0 Å². The lowest BCUT2D eigenvalue weighted by Gasteiger charge is -2.29. The van der Waals surface area contributed by atoms with Crippen LogP contribution < -0.4 is 16.0 Å². The molecule has 0 radical (unpaired) electrons. The second kappa shape index (κ2) is 10.6. The molecule has 7 heteroatoms. The number of nitrogens with one attached hydrogen (secondary N) is 3. The van der Waals surface area contributed by atoms with Crippen LogP contribution in [-0.2, 0) is 14.3 Å². The summed E-state index contributed by atoms with van der Waals surface area (Å²) in [6.07, 6.45) is 0.851. The van der Waals surface area contributed by atoms with E-state index in [9.17, 15) is 9.59 Å². The number of hydrogen-bond acceptors (Lipinski definition) is 5. The zero-order valence-corrected chi connectivity index (χ0v) is 15.3. The van der Waals surface area contributed by atoms with E-state index in [0.717, 1.165) is 18.5 Å². The third-order valence-electron chi connectivity index (χ3n) is 3.93. The minimum atomic E-state index is -0.538. The highest BCUT2D eigenvalue weighted by molar-refractivity contribution is 5.95. The van der Waals surface area contributed by atoms with Crippen LogP contribution >= 0.6 is 0 Å². The molecule has 3 N–H and O–H groups in total. The van der Waals surface area contributed by atoms with Crippen molar-refractivity contribution in [2.45, 2.75) is 26.3 Å². The molecule has 1 aromatic rings. The van der Waals surface area contributed by atoms with Gasteiger partial charge in [0.05, 0.1) is 18.2 Å². The first-order chi connectivity index (χ1) is 12.7. The largest absolute Gasteiger partial charge is 0.463 e. The maximum atomic E-state index is 12.6. The summed E-state index contributed by atoms with van der Waals surface area (Å²) in [5, 5.41) is 8.80. The molecule has 0 saturated carbocycles. The van der Waals surface area contributed by atoms with Gasteiger partial charge in [0.2, 0.25) is 0 Å². The van der Waals surface area contributed by atoms with E-state index in [0.29, 0.717) is 31.0 Å². The quantitative estimate of drug-likeness (QED) is 0.437. The molecule has 1 aromatic carbocycles. The molecule has 26 heavy (non-hydrogen) atoms. The van der Waals surface area contributed by atoms with E-state index in [-0.39, 0.29) is 12.6 Å². The van der Waals surface area contributed by atoms with Gasteiger partial charge in [-0.25, -0.2) is 9.59 Å². The van der Waals surface area contributed by atoms with Gasteiger partial charge < -0.3 is 25.4 Å². The number of urea groups is 1. The normalized spacial score (nSPS) is 16.8. The molecule has 2 amide bonds. The minimum absolute atomic E-state index is 0.271. The molecule has 0 bridgehead atoms. The molecule has 0 unspecified atom stereocenters. The van der Waals surface area contributed by atoms with Gasteiger partial charge in [0.25, 0.3) is 0 Å². The summed E-state index contributed by atoms with van der Waals surface area (Å²) >= 11 is 0. The first-order valence-electron chi connectivity index (χ1n) is 8.98. The number of ether oxygens (including phenoxy) is 2. The SMILES string of the molecule is CCOCCCNCC1=C(C(=O)OCC)[C@H](c2ccccc2)NC(=O)N1. The minimum Gasteiger partial charge on any atom is -0.463 e. The molecule has 0 saturated heterocycles. The monoisotopic (exact) mass is 361 g/mol. The number of hydrogen-bond donors (Lipinski definition) is 3. The molecular weight excluding hydrogens is 334 g/mol. The fraction of sp³-hybridized carbons (Fsp3) is 0.474. The highest BCUT2D eigenvalue weighted by Gasteiger charge is 2.33. The summed E-state index contributed by atoms with van der Waals surface area (Å²) in [4.78, 5) is 24.7. The topological polar surface area (TPSA) is 88.7 Å². The van der Waals surface area contributed by atoms with Crippen LogP contribution in [0.5, 0.6) is 0 Å². The Hall–Kier alpha value is -2.38. The molecule has 7 nitrogen and oxygen atoms in total. The van der Waals surface area contributed by atoms with E-state index in [1.165, 1.54) is 0 Å². The van der Waals surface area contributed by atoms with Gasteiger partial charge in [0, 0.05) is 25.5 Å². The van der Waals surface area contributed by atoms with Gasteiger partial charge >= 0.3 is 12.0 Å². The molecule has 1 aliphatic rings. The first-order valence-corrected chi connectivity index (χ1v) is 8.98. The lowest BCUT2D eigenvalue weighted by Crippen LogP contribution is -2.48. The van der Waals surface area contributed by atoms with Crippen molar-refractivity contribution in [1.82, 2.24) is 16.0 Å². The lowest BCUT2D eigenvalue weighted by atomic mass is 9.95. The molecule has 0 aromatic heterocycles. The summed E-state index contributed by atoms with van der Waals surface area (Å²) < 4.78 is 10.5. The molecule has 1 aliphatic heterocycles. The number of benzene rings is 1. The number of amides is 2. The predicted octanol–water partition coefficient (Wildman–Crippen LogP) is 1.87. The molecule has 142 valence electrons. The Morgan fingerprint density at radius 2 is 1.96 bits per heavy atom. The number of carbonyl (C=O) groups excluding carboxylic acids is 2. The standard InChI is InChI=1S/C19H27N3O4/c1-3-25-12-8-11-20-13-15-16(18(23)26-4-2)17(22-19(24)21-15)14-9-6-5-7-10-14/h5-7,9-10,17,20H,3-4,8,11-13H2,1-2H3,(H2,21,22,24)/t17-/m0/s1. The van der Waals surface area contributed by atoms with Crippen LogP contribution in [0, 0.1) is 0 Å². The second-order valence-corrected chi connectivity index (χ2v) is 5.78. The lowest BCUT2D eigenvalue weighted by molar-refractivity contribution is -0.139. The van der Waals surface area contributed by atoms with E-state index in [4.69, 9.17) is 9.47 Å². The maximum Gasteiger partial charge on any atom is 0.338 e. The van der Waals surface area contributed by atoms with E-state index in [1.54, 1.807) is 6.92 Å². The Morgan fingerprint density at radius 3 is 2.65 bits per heavy atom. The second-order valence-electron chi connectivity index (χ2n) is 5.78. The summed E-state index contributed by atoms with van der Waals surface area (Å²) in [6.45, 7) is 6.45. The molecular formula is C19H27N3O4. The Balaban J connectivity index is 2.18. The highest BCUT2D eigenvalue weighted by Crippen LogP contribution is 2.27. The van der Waals surface area contributed by atoms with Crippen LogP contribution in [0.2, 0.25) is 0 Å². The Labute approximate surface area is 154 Å². The van der Waals surface area contributed by atoms with Gasteiger partial charge in [0.15, 0.2) is 0 Å². The number of carbonyl (C=O) groups is 2. The van der Waals surface area contributed by atoms with Crippen molar-refractivity contribution in [3.05, 3.63) is 47.2 Å². The molecule has 1 atom stereocenters. The van der Waals surface area contributed by atoms with E-state index >= 15 is 0 Å². The van der Waals surface area contributed by atoms with Crippen molar-refractivity contribution in [1.29, 1.82) is 0 Å². The third kappa shape index (κ3) is 5.57. The summed E-state index contributed by atoms with van der Waals surface area (Å²) in [6, 6.07) is 8.52. The number of esters is 1. The van der Waals surface area contributed by atoms with Crippen LogP contribution in [0.1, 0.15) is 31.9 Å². The van der Waals surface area contributed by atoms with Crippen molar-refractivity contribution in [2.75, 3.05) is 32.9 Å². The van der Waals surface area contributed by atoms with Gasteiger partial charge in [-0.3, -0.25) is 0 Å². The average molecular weight is 361 g/mol. The van der Waals surface area contributed by atoms with Crippen molar-refractivity contribution in [3.8, 4) is 0 Å². The van der Waals surface area contributed by atoms with Crippen LogP contribution in [0.4, 0.5) is 4.79 Å². The van der Waals surface area contributed by atoms with Gasteiger partial charge in [0.1, 0.15) is 0 Å². The van der Waals surface area contributed by atoms with Crippen molar-refractivity contribution >= 4 is 12.0 Å². The highest BCUT2D eigenvalue weighted by atomic mass is 16.5. The van der Waals surface area contributed by atoms with Gasteiger partial charge in [-0.15, -0.1) is 0 Å². The average Bonchev–Trinajstić information content (AvgIpc) is 2.65. The van der Waals surface area contributed by atoms with Crippen molar-refractivity contribution < 1.29 is 19.1 Å². The molecule has 1 heterocycles. The fourth-order valence-electron chi connectivity index (χ4n) is 2.76. The Morgan fingerprint density at radius 1 is 1.19 bits per heavy atom. The fourth-order valence-corrected chi connectivity index (χ4v) is 2.76. The van der Waals surface area contributed by atoms with Crippen LogP contribution in [0.3, 0.4) is 0 Å². The summed E-state index contributed by atoms with van der Waals surface area (Å²) in [5.41, 5.74) is 1.80. The smallest absolute Gasteiger partial charge is 0.338 e. The van der Waals surface area contributed by atoms with Crippen LogP contribution in [0.15, 0.2) is 41.6 Å². The summed E-state index contributed by atoms with van der Waals surface area (Å²) in [7, 11) is 0. The van der Waals surface area contributed by atoms with Gasteiger partial charge in [-0.05, 0) is 32.4 Å². The van der Waals surface area contributed by atoms with Crippen molar-refractivity contribution in [3.63, 3.8) is 0 Å². The Kier molecular flexibility index (Phi) is 8.11. The first kappa shape index (κ1) is 19.9. The molecule has 0 fully saturated rings. The van der Waals surface area contributed by atoms with Crippen LogP contribution in [-0.4, -0.2) is 44.9 Å². The predicted molar refractivity (Wildman–Crippen MR) is 98.5 cm³/mol. The molecule has 2 rings (SSSR count). The van der Waals surface area contributed by atoms with Gasteiger partial charge in [-0.2, -0.15) is 0 Å².